The van der Waals surface area contributed by atoms with Crippen LogP contribution >= 0.6 is 23.2 Å². The molecule has 0 spiro atoms. The fourth-order valence-corrected chi connectivity index (χ4v) is 3.11. The third kappa shape index (κ3) is 4.29. The largest absolute Gasteiger partial charge is 0.461 e. The minimum atomic E-state index is -0.483. The van der Waals surface area contributed by atoms with Crippen LogP contribution in [0.5, 0.6) is 11.8 Å². The van der Waals surface area contributed by atoms with Gasteiger partial charge in [0.1, 0.15) is 0 Å². The van der Waals surface area contributed by atoms with Gasteiger partial charge >= 0.3 is 12.0 Å². The first-order valence-electron chi connectivity index (χ1n) is 8.68. The van der Waals surface area contributed by atoms with Gasteiger partial charge in [-0.15, -0.1) is 0 Å². The number of rotatable bonds is 6. The van der Waals surface area contributed by atoms with Crippen LogP contribution in [0.2, 0.25) is 10.0 Å². The summed E-state index contributed by atoms with van der Waals surface area (Å²) in [4.78, 5) is 21.2. The lowest BCUT2D eigenvalue weighted by atomic mass is 10.2. The number of pyridine rings is 1. The van der Waals surface area contributed by atoms with Gasteiger partial charge in [-0.05, 0) is 56.7 Å². The summed E-state index contributed by atoms with van der Waals surface area (Å²) in [6.07, 6.45) is 1.68. The molecular formula is C20H19Cl2N3O3. The maximum Gasteiger partial charge on any atom is 0.357 e. The monoisotopic (exact) mass is 419 g/mol. The van der Waals surface area contributed by atoms with Crippen LogP contribution in [0, 0.1) is 13.8 Å². The van der Waals surface area contributed by atoms with E-state index in [9.17, 15) is 4.79 Å². The predicted octanol–water partition coefficient (Wildman–Crippen LogP) is 5.22. The molecule has 0 bridgehead atoms. The molecule has 146 valence electrons. The zero-order valence-electron chi connectivity index (χ0n) is 15.7. The first-order valence-corrected chi connectivity index (χ1v) is 9.44. The highest BCUT2D eigenvalue weighted by atomic mass is 35.5. The van der Waals surface area contributed by atoms with E-state index in [0.29, 0.717) is 32.9 Å². The van der Waals surface area contributed by atoms with Gasteiger partial charge in [-0.2, -0.15) is 4.98 Å². The van der Waals surface area contributed by atoms with Gasteiger partial charge in [-0.3, -0.25) is 9.55 Å². The number of nitrogens with zero attached hydrogens (tertiary/aromatic N) is 3. The van der Waals surface area contributed by atoms with E-state index in [0.717, 1.165) is 5.56 Å². The lowest BCUT2D eigenvalue weighted by Gasteiger charge is -2.14. The Kier molecular flexibility index (Phi) is 6.21. The van der Waals surface area contributed by atoms with Crippen LogP contribution in [-0.2, 0) is 11.3 Å². The molecule has 0 aliphatic carbocycles. The first kappa shape index (κ1) is 20.2. The second kappa shape index (κ2) is 8.63. The molecule has 3 aromatic rings. The van der Waals surface area contributed by atoms with Crippen LogP contribution in [0.1, 0.15) is 34.4 Å². The summed E-state index contributed by atoms with van der Waals surface area (Å²) in [7, 11) is 0. The van der Waals surface area contributed by atoms with Gasteiger partial charge in [0.25, 0.3) is 0 Å². The highest BCUT2D eigenvalue weighted by Crippen LogP contribution is 2.29. The summed E-state index contributed by atoms with van der Waals surface area (Å²) in [5.41, 5.74) is 2.22. The third-order valence-corrected chi connectivity index (χ3v) is 4.68. The molecule has 2 heterocycles. The minimum absolute atomic E-state index is 0.239. The van der Waals surface area contributed by atoms with Gasteiger partial charge in [0, 0.05) is 16.2 Å². The summed E-state index contributed by atoms with van der Waals surface area (Å²) in [5, 5.41) is 1.06. The SMILES string of the molecule is CCOC(=O)c1c(C)nc(Oc2cccnc2C)n1Cc1cc(Cl)ccc1Cl. The van der Waals surface area contributed by atoms with Crippen molar-refractivity contribution in [1.29, 1.82) is 0 Å². The average molecular weight is 420 g/mol. The molecule has 2 aromatic heterocycles. The summed E-state index contributed by atoms with van der Waals surface area (Å²) in [5.74, 6) is 0.0600. The number of halogens is 2. The molecule has 0 amide bonds. The van der Waals surface area contributed by atoms with Gasteiger partial charge in [0.05, 0.1) is 24.5 Å². The van der Waals surface area contributed by atoms with Gasteiger partial charge < -0.3 is 9.47 Å². The lowest BCUT2D eigenvalue weighted by Crippen LogP contribution is -2.15. The molecule has 0 atom stereocenters. The van der Waals surface area contributed by atoms with Gasteiger partial charge in [0.15, 0.2) is 11.4 Å². The van der Waals surface area contributed by atoms with E-state index in [1.165, 1.54) is 0 Å². The van der Waals surface area contributed by atoms with Crippen molar-refractivity contribution in [2.75, 3.05) is 6.61 Å². The summed E-state index contributed by atoms with van der Waals surface area (Å²) in [6.45, 7) is 5.79. The third-order valence-electron chi connectivity index (χ3n) is 4.07. The highest BCUT2D eigenvalue weighted by molar-refractivity contribution is 6.33. The van der Waals surface area contributed by atoms with Crippen molar-refractivity contribution in [2.24, 2.45) is 0 Å². The molecule has 0 aliphatic rings. The van der Waals surface area contributed by atoms with Crippen molar-refractivity contribution in [3.05, 3.63) is 69.2 Å². The Bertz CT molecular complexity index is 1020. The second-order valence-corrected chi connectivity index (χ2v) is 6.90. The van der Waals surface area contributed by atoms with Crippen LogP contribution in [0.15, 0.2) is 36.5 Å². The number of ether oxygens (including phenoxy) is 2. The molecule has 0 unspecified atom stereocenters. The number of esters is 1. The summed E-state index contributed by atoms with van der Waals surface area (Å²) < 4.78 is 12.8. The molecule has 0 aliphatic heterocycles. The molecular weight excluding hydrogens is 401 g/mol. The van der Waals surface area contributed by atoms with Crippen LogP contribution in [0.3, 0.4) is 0 Å². The maximum absolute atomic E-state index is 12.6. The van der Waals surface area contributed by atoms with Crippen LogP contribution < -0.4 is 4.74 Å². The van der Waals surface area contributed by atoms with Gasteiger partial charge in [-0.1, -0.05) is 23.2 Å². The Balaban J connectivity index is 2.09. The van der Waals surface area contributed by atoms with Crippen molar-refractivity contribution >= 4 is 29.2 Å². The first-order chi connectivity index (χ1) is 13.4. The number of carbonyl (C=O) groups is 1. The normalized spacial score (nSPS) is 10.8. The number of aromatic nitrogens is 3. The second-order valence-electron chi connectivity index (χ2n) is 6.06. The number of hydrogen-bond donors (Lipinski definition) is 0. The zero-order chi connectivity index (χ0) is 20.3. The lowest BCUT2D eigenvalue weighted by molar-refractivity contribution is 0.0512. The van der Waals surface area contributed by atoms with Crippen LogP contribution in [0.4, 0.5) is 0 Å². The van der Waals surface area contributed by atoms with E-state index >= 15 is 0 Å². The summed E-state index contributed by atoms with van der Waals surface area (Å²) in [6, 6.07) is 8.95. The Labute approximate surface area is 173 Å². The number of imidazole rings is 1. The molecule has 0 N–H and O–H groups in total. The van der Waals surface area contributed by atoms with E-state index in [4.69, 9.17) is 32.7 Å². The molecule has 3 rings (SSSR count). The molecule has 0 fully saturated rings. The molecule has 1 aromatic carbocycles. The fourth-order valence-electron chi connectivity index (χ4n) is 2.74. The van der Waals surface area contributed by atoms with Crippen molar-refractivity contribution < 1.29 is 14.3 Å². The van der Waals surface area contributed by atoms with Crippen LogP contribution in [0.25, 0.3) is 0 Å². The molecule has 6 nitrogen and oxygen atoms in total. The van der Waals surface area contributed by atoms with Gasteiger partial charge in [-0.25, -0.2) is 4.79 Å². The Morgan fingerprint density at radius 1 is 1.18 bits per heavy atom. The molecule has 0 saturated carbocycles. The highest BCUT2D eigenvalue weighted by Gasteiger charge is 2.24. The molecule has 0 radical (unpaired) electrons. The zero-order valence-corrected chi connectivity index (χ0v) is 17.2. The molecule has 28 heavy (non-hydrogen) atoms. The van der Waals surface area contributed by atoms with Crippen molar-refractivity contribution in [3.63, 3.8) is 0 Å². The van der Waals surface area contributed by atoms with E-state index < -0.39 is 5.97 Å². The Morgan fingerprint density at radius 3 is 2.68 bits per heavy atom. The fraction of sp³-hybridized carbons (Fsp3) is 0.250. The molecule has 8 heteroatoms. The van der Waals surface area contributed by atoms with E-state index in [2.05, 4.69) is 9.97 Å². The standard InChI is InChI=1S/C20H19Cl2N3O3/c1-4-27-19(26)18-13(3)24-20(28-17-6-5-9-23-12(17)2)25(18)11-14-10-15(21)7-8-16(14)22/h5-10H,4,11H2,1-3H3. The van der Waals surface area contributed by atoms with Crippen molar-refractivity contribution in [3.8, 4) is 11.8 Å². The Morgan fingerprint density at radius 2 is 1.96 bits per heavy atom. The van der Waals surface area contributed by atoms with E-state index in [1.807, 2.05) is 6.92 Å². The van der Waals surface area contributed by atoms with Crippen molar-refractivity contribution in [1.82, 2.24) is 14.5 Å². The number of benzene rings is 1. The van der Waals surface area contributed by atoms with Gasteiger partial charge in [0.2, 0.25) is 0 Å². The Hall–Kier alpha value is -2.57. The quantitative estimate of drug-likeness (QED) is 0.512. The predicted molar refractivity (Wildman–Crippen MR) is 108 cm³/mol. The van der Waals surface area contributed by atoms with E-state index in [1.54, 1.807) is 54.9 Å². The maximum atomic E-state index is 12.6. The summed E-state index contributed by atoms with van der Waals surface area (Å²) >= 11 is 12.4. The minimum Gasteiger partial charge on any atom is -0.461 e. The average Bonchev–Trinajstić information content (AvgIpc) is 2.95. The topological polar surface area (TPSA) is 66.2 Å². The van der Waals surface area contributed by atoms with E-state index in [-0.39, 0.29) is 19.2 Å². The molecule has 0 saturated heterocycles. The number of hydrogen-bond acceptors (Lipinski definition) is 5. The smallest absolute Gasteiger partial charge is 0.357 e. The van der Waals surface area contributed by atoms with Crippen LogP contribution in [-0.4, -0.2) is 27.1 Å². The number of aryl methyl sites for hydroxylation is 2. The number of carbonyl (C=O) groups excluding carboxylic acids is 1. The van der Waals surface area contributed by atoms with Crippen molar-refractivity contribution in [2.45, 2.75) is 27.3 Å².